The van der Waals surface area contributed by atoms with E-state index in [4.69, 9.17) is 25.8 Å². The number of rotatable bonds is 5. The summed E-state index contributed by atoms with van der Waals surface area (Å²) < 4.78 is 15.9. The number of methoxy groups -OCH3 is 3. The first-order chi connectivity index (χ1) is 12.5. The van der Waals surface area contributed by atoms with E-state index in [1.54, 1.807) is 36.4 Å². The van der Waals surface area contributed by atoms with Crippen LogP contribution in [0.15, 0.2) is 47.1 Å². The molecule has 6 nitrogen and oxygen atoms in total. The van der Waals surface area contributed by atoms with E-state index in [1.807, 2.05) is 0 Å². The molecule has 3 rings (SSSR count). The molecule has 0 atom stereocenters. The van der Waals surface area contributed by atoms with Crippen LogP contribution in [0.5, 0.6) is 17.2 Å². The van der Waals surface area contributed by atoms with Crippen molar-refractivity contribution in [3.63, 3.8) is 0 Å². The summed E-state index contributed by atoms with van der Waals surface area (Å²) in [5, 5.41) is 2.75. The highest BCUT2D eigenvalue weighted by Crippen LogP contribution is 2.41. The quantitative estimate of drug-likeness (QED) is 0.862. The Bertz CT molecular complexity index is 910. The predicted octanol–water partition coefficient (Wildman–Crippen LogP) is 3.65. The van der Waals surface area contributed by atoms with Crippen molar-refractivity contribution in [2.75, 3.05) is 26.6 Å². The highest BCUT2D eigenvalue weighted by atomic mass is 35.5. The number of hydrogen-bond donors (Lipinski definition) is 1. The Morgan fingerprint density at radius 1 is 0.846 bits per heavy atom. The van der Waals surface area contributed by atoms with Crippen LogP contribution in [0.4, 0.5) is 5.69 Å². The van der Waals surface area contributed by atoms with Gasteiger partial charge in [-0.05, 0) is 0 Å². The summed E-state index contributed by atoms with van der Waals surface area (Å²) in [5.74, 6) is 0.454. The van der Waals surface area contributed by atoms with Gasteiger partial charge in [-0.2, -0.15) is 0 Å². The second-order valence-electron chi connectivity index (χ2n) is 5.43. The molecule has 0 aliphatic heterocycles. The Morgan fingerprint density at radius 2 is 1.38 bits per heavy atom. The van der Waals surface area contributed by atoms with Crippen LogP contribution in [-0.4, -0.2) is 32.9 Å². The average molecular weight is 374 g/mol. The lowest BCUT2D eigenvalue weighted by molar-refractivity contribution is 0.0982. The van der Waals surface area contributed by atoms with Gasteiger partial charge in [0.15, 0.2) is 11.5 Å². The molecule has 2 aromatic carbocycles. The largest absolute Gasteiger partial charge is 0.493 e. The van der Waals surface area contributed by atoms with Crippen LogP contribution in [0.3, 0.4) is 0 Å². The minimum absolute atomic E-state index is 0.00430. The Morgan fingerprint density at radius 3 is 1.88 bits per heavy atom. The van der Waals surface area contributed by atoms with Crippen molar-refractivity contribution >= 4 is 28.9 Å². The molecule has 0 amide bonds. The summed E-state index contributed by atoms with van der Waals surface area (Å²) in [6.45, 7) is 0. The van der Waals surface area contributed by atoms with E-state index < -0.39 is 5.78 Å². The zero-order valence-electron chi connectivity index (χ0n) is 14.4. The van der Waals surface area contributed by atoms with Crippen molar-refractivity contribution in [3.05, 3.63) is 58.3 Å². The predicted molar refractivity (Wildman–Crippen MR) is 97.7 cm³/mol. The summed E-state index contributed by atoms with van der Waals surface area (Å²) >= 11 is 6.17. The molecule has 7 heteroatoms. The average Bonchev–Trinajstić information content (AvgIpc) is 2.68. The molecule has 0 fully saturated rings. The molecule has 1 N–H and O–H groups in total. The zero-order valence-corrected chi connectivity index (χ0v) is 15.1. The lowest BCUT2D eigenvalue weighted by atomic mass is 9.92. The molecule has 0 saturated carbocycles. The molecule has 134 valence electrons. The monoisotopic (exact) mass is 373 g/mol. The lowest BCUT2D eigenvalue weighted by Gasteiger charge is -2.20. The molecule has 2 aromatic rings. The zero-order chi connectivity index (χ0) is 18.8. The molecular weight excluding hydrogens is 358 g/mol. The number of ether oxygens (including phenoxy) is 3. The first-order valence-electron chi connectivity index (χ1n) is 7.67. The fraction of sp³-hybridized carbons (Fsp3) is 0.158. The van der Waals surface area contributed by atoms with E-state index >= 15 is 0 Å². The maximum Gasteiger partial charge on any atom is 0.211 e. The van der Waals surface area contributed by atoms with E-state index in [-0.39, 0.29) is 22.1 Å². The number of carbonyl (C=O) groups excluding carboxylic acids is 2. The fourth-order valence-electron chi connectivity index (χ4n) is 2.75. The van der Waals surface area contributed by atoms with Crippen LogP contribution in [0.25, 0.3) is 0 Å². The van der Waals surface area contributed by atoms with E-state index in [1.165, 1.54) is 21.3 Å². The van der Waals surface area contributed by atoms with Gasteiger partial charge in [0.2, 0.25) is 17.3 Å². The molecule has 0 aromatic heterocycles. The van der Waals surface area contributed by atoms with Gasteiger partial charge in [-0.25, -0.2) is 0 Å². The topological polar surface area (TPSA) is 73.9 Å². The van der Waals surface area contributed by atoms with Gasteiger partial charge in [0.1, 0.15) is 10.7 Å². The van der Waals surface area contributed by atoms with Gasteiger partial charge >= 0.3 is 0 Å². The van der Waals surface area contributed by atoms with Gasteiger partial charge in [0.25, 0.3) is 0 Å². The number of carbonyl (C=O) groups is 2. The van der Waals surface area contributed by atoms with Crippen LogP contribution in [0, 0.1) is 0 Å². The summed E-state index contributed by atoms with van der Waals surface area (Å²) in [5.41, 5.74) is 1.06. The first-order valence-corrected chi connectivity index (χ1v) is 8.04. The number of fused-ring (bicyclic) bond motifs is 1. The molecule has 0 heterocycles. The number of allylic oxidation sites excluding steroid dienone is 2. The van der Waals surface area contributed by atoms with Gasteiger partial charge in [0.05, 0.1) is 21.3 Å². The smallest absolute Gasteiger partial charge is 0.211 e. The molecule has 26 heavy (non-hydrogen) atoms. The van der Waals surface area contributed by atoms with Crippen molar-refractivity contribution < 1.29 is 23.8 Å². The summed E-state index contributed by atoms with van der Waals surface area (Å²) in [7, 11) is 4.46. The molecule has 0 radical (unpaired) electrons. The van der Waals surface area contributed by atoms with Crippen molar-refractivity contribution in [3.8, 4) is 17.2 Å². The van der Waals surface area contributed by atoms with Crippen molar-refractivity contribution in [2.45, 2.75) is 0 Å². The van der Waals surface area contributed by atoms with Crippen LogP contribution in [0.1, 0.15) is 20.7 Å². The highest BCUT2D eigenvalue weighted by Gasteiger charge is 2.31. The third-order valence-corrected chi connectivity index (χ3v) is 4.36. The van der Waals surface area contributed by atoms with E-state index in [0.29, 0.717) is 28.5 Å². The summed E-state index contributed by atoms with van der Waals surface area (Å²) in [6, 6.07) is 9.80. The first kappa shape index (κ1) is 17.8. The van der Waals surface area contributed by atoms with Gasteiger partial charge in [-0.15, -0.1) is 0 Å². The second kappa shape index (κ2) is 7.09. The van der Waals surface area contributed by atoms with E-state index in [9.17, 15) is 9.59 Å². The Hall–Kier alpha value is -2.99. The van der Waals surface area contributed by atoms with Crippen LogP contribution < -0.4 is 19.5 Å². The molecule has 0 saturated heterocycles. The van der Waals surface area contributed by atoms with E-state index in [2.05, 4.69) is 5.32 Å². The standard InChI is InChI=1S/C19H16ClNO5/c1-24-13-8-10(9-14(25-2)19(13)26-3)21-16-15(20)17(22)11-6-4-5-7-12(11)18(16)23/h4-9,21H,1-3H3. The molecule has 0 unspecified atom stereocenters. The second-order valence-corrected chi connectivity index (χ2v) is 5.81. The van der Waals surface area contributed by atoms with Crippen LogP contribution in [0.2, 0.25) is 0 Å². The number of halogens is 1. The Labute approximate surface area is 155 Å². The molecule has 0 bridgehead atoms. The van der Waals surface area contributed by atoms with Crippen molar-refractivity contribution in [1.29, 1.82) is 0 Å². The van der Waals surface area contributed by atoms with Gasteiger partial charge < -0.3 is 19.5 Å². The lowest BCUT2D eigenvalue weighted by Crippen LogP contribution is -2.24. The molecule has 1 aliphatic rings. The van der Waals surface area contributed by atoms with Gasteiger partial charge in [-0.1, -0.05) is 35.9 Å². The fourth-order valence-corrected chi connectivity index (χ4v) is 2.99. The number of nitrogens with one attached hydrogen (secondary N) is 1. The number of ketones is 2. The highest BCUT2D eigenvalue weighted by molar-refractivity contribution is 6.50. The third-order valence-electron chi connectivity index (χ3n) is 4.00. The number of hydrogen-bond acceptors (Lipinski definition) is 6. The van der Waals surface area contributed by atoms with Gasteiger partial charge in [-0.3, -0.25) is 9.59 Å². The number of benzene rings is 2. The maximum atomic E-state index is 12.8. The summed E-state index contributed by atoms with van der Waals surface area (Å²) in [6.07, 6.45) is 0. The van der Waals surface area contributed by atoms with Crippen molar-refractivity contribution in [2.24, 2.45) is 0 Å². The Kier molecular flexibility index (Phi) is 4.86. The molecule has 1 aliphatic carbocycles. The minimum atomic E-state index is -0.406. The summed E-state index contributed by atoms with van der Waals surface area (Å²) in [4.78, 5) is 25.2. The van der Waals surface area contributed by atoms with Crippen LogP contribution in [-0.2, 0) is 0 Å². The SMILES string of the molecule is COc1cc(NC2=C(Cl)C(=O)c3ccccc3C2=O)cc(OC)c1OC. The number of Topliss-reactive ketones (excluding diaryl/α,β-unsaturated/α-hetero) is 2. The normalized spacial score (nSPS) is 13.4. The van der Waals surface area contributed by atoms with E-state index in [0.717, 1.165) is 0 Å². The number of anilines is 1. The molecular formula is C19H16ClNO5. The van der Waals surface area contributed by atoms with Crippen molar-refractivity contribution in [1.82, 2.24) is 0 Å². The Balaban J connectivity index is 2.05. The van der Waals surface area contributed by atoms with Crippen LogP contribution >= 0.6 is 11.6 Å². The third kappa shape index (κ3) is 2.88. The van der Waals surface area contributed by atoms with Gasteiger partial charge in [0, 0.05) is 28.9 Å². The minimum Gasteiger partial charge on any atom is -0.493 e. The molecule has 0 spiro atoms. The maximum absolute atomic E-state index is 12.8.